The van der Waals surface area contributed by atoms with Gasteiger partial charge in [0, 0.05) is 33.1 Å². The number of guanidine groups is 1. The fourth-order valence-corrected chi connectivity index (χ4v) is 2.62. The Kier molecular flexibility index (Phi) is 8.12. The minimum Gasteiger partial charge on any atom is -0.356 e. The topological polar surface area (TPSA) is 52.6 Å². The summed E-state index contributed by atoms with van der Waals surface area (Å²) in [6.07, 6.45) is 3.74. The van der Waals surface area contributed by atoms with Crippen LogP contribution in [0.5, 0.6) is 0 Å². The summed E-state index contributed by atoms with van der Waals surface area (Å²) < 4.78 is 0. The van der Waals surface area contributed by atoms with E-state index >= 15 is 0 Å². The van der Waals surface area contributed by atoms with Crippen LogP contribution in [0.25, 0.3) is 0 Å². The molecule has 1 heterocycles. The second-order valence-corrected chi connectivity index (χ2v) is 6.59. The lowest BCUT2D eigenvalue weighted by atomic mass is 10.1. The van der Waals surface area contributed by atoms with Crippen LogP contribution in [0.3, 0.4) is 0 Å². The van der Waals surface area contributed by atoms with E-state index in [0.717, 1.165) is 29.2 Å². The highest BCUT2D eigenvalue weighted by atomic mass is 32.1. The molecular weight excluding hydrogens is 282 g/mol. The molecule has 0 atom stereocenters. The van der Waals surface area contributed by atoms with Crippen LogP contribution in [0, 0.1) is 5.92 Å². The van der Waals surface area contributed by atoms with Gasteiger partial charge in [-0.3, -0.25) is 4.99 Å². The molecule has 2 N–H and O–H groups in total. The molecule has 0 spiro atoms. The molecule has 0 radical (unpaired) electrons. The molecule has 0 amide bonds. The van der Waals surface area contributed by atoms with Crippen molar-refractivity contribution in [1.29, 1.82) is 0 Å². The van der Waals surface area contributed by atoms with Gasteiger partial charge in [-0.05, 0) is 12.3 Å². The van der Waals surface area contributed by atoms with E-state index in [1.54, 1.807) is 18.4 Å². The highest BCUT2D eigenvalue weighted by Gasteiger charge is 2.04. The summed E-state index contributed by atoms with van der Waals surface area (Å²) in [4.78, 5) is 10.8. The molecule has 0 saturated heterocycles. The molecule has 1 rings (SSSR count). The third-order valence-corrected chi connectivity index (χ3v) is 4.14. The smallest absolute Gasteiger partial charge is 0.191 e. The summed E-state index contributed by atoms with van der Waals surface area (Å²) in [7, 11) is 5.82. The summed E-state index contributed by atoms with van der Waals surface area (Å²) in [6, 6.07) is 0. The monoisotopic (exact) mass is 311 g/mol. The quantitative estimate of drug-likeness (QED) is 0.440. The van der Waals surface area contributed by atoms with Gasteiger partial charge in [-0.15, -0.1) is 11.3 Å². The van der Waals surface area contributed by atoms with Crippen LogP contribution in [0.1, 0.15) is 38.8 Å². The third kappa shape index (κ3) is 7.32. The van der Waals surface area contributed by atoms with E-state index < -0.39 is 0 Å². The molecule has 0 aromatic carbocycles. The van der Waals surface area contributed by atoms with Crippen molar-refractivity contribution in [3.8, 4) is 0 Å². The van der Waals surface area contributed by atoms with E-state index in [-0.39, 0.29) is 0 Å². The first kappa shape index (κ1) is 17.8. The van der Waals surface area contributed by atoms with Crippen LogP contribution in [0.4, 0.5) is 5.13 Å². The predicted molar refractivity (Wildman–Crippen MR) is 93.3 cm³/mol. The van der Waals surface area contributed by atoms with Crippen LogP contribution < -0.4 is 15.5 Å². The Bertz CT molecular complexity index is 425. The van der Waals surface area contributed by atoms with Crippen molar-refractivity contribution >= 4 is 22.4 Å². The lowest BCUT2D eigenvalue weighted by molar-refractivity contribution is 0.534. The highest BCUT2D eigenvalue weighted by Crippen LogP contribution is 2.17. The lowest BCUT2D eigenvalue weighted by Crippen LogP contribution is -2.37. The summed E-state index contributed by atoms with van der Waals surface area (Å²) in [5.74, 6) is 1.64. The fraction of sp³-hybridized carbons (Fsp3) is 0.733. The van der Waals surface area contributed by atoms with Crippen molar-refractivity contribution in [2.45, 2.75) is 39.7 Å². The molecule has 0 bridgehead atoms. The average molecular weight is 311 g/mol. The minimum atomic E-state index is 0.704. The van der Waals surface area contributed by atoms with E-state index in [9.17, 15) is 0 Å². The zero-order chi connectivity index (χ0) is 15.7. The number of hydrogen-bond acceptors (Lipinski definition) is 4. The Labute approximate surface area is 132 Å². The number of unbranched alkanes of at least 4 members (excludes halogenated alkanes) is 1. The number of nitrogens with zero attached hydrogens (tertiary/aromatic N) is 3. The van der Waals surface area contributed by atoms with Gasteiger partial charge in [-0.25, -0.2) is 4.98 Å². The molecule has 1 aromatic rings. The Balaban J connectivity index is 2.24. The van der Waals surface area contributed by atoms with Crippen molar-refractivity contribution < 1.29 is 0 Å². The van der Waals surface area contributed by atoms with Crippen LogP contribution in [0.15, 0.2) is 10.4 Å². The maximum atomic E-state index is 4.54. The van der Waals surface area contributed by atoms with Gasteiger partial charge >= 0.3 is 0 Å². The Morgan fingerprint density at radius 1 is 1.33 bits per heavy atom. The molecule has 5 nitrogen and oxygen atoms in total. The Morgan fingerprint density at radius 2 is 2.10 bits per heavy atom. The molecule has 0 fully saturated rings. The maximum absolute atomic E-state index is 4.54. The number of aliphatic imine (C=N–C) groups is 1. The first-order valence-corrected chi connectivity index (χ1v) is 8.47. The highest BCUT2D eigenvalue weighted by molar-refractivity contribution is 7.13. The number of thiazole rings is 1. The van der Waals surface area contributed by atoms with E-state index in [1.807, 2.05) is 19.0 Å². The summed E-state index contributed by atoms with van der Waals surface area (Å²) in [5.41, 5.74) is 1.05. The molecule has 6 heteroatoms. The van der Waals surface area contributed by atoms with Gasteiger partial charge in [0.25, 0.3) is 0 Å². The van der Waals surface area contributed by atoms with Crippen molar-refractivity contribution in [3.63, 3.8) is 0 Å². The summed E-state index contributed by atoms with van der Waals surface area (Å²) in [5, 5.41) is 9.76. The second kappa shape index (κ2) is 9.60. The number of rotatable bonds is 8. The fourth-order valence-electron chi connectivity index (χ4n) is 1.86. The van der Waals surface area contributed by atoms with Crippen molar-refractivity contribution in [3.05, 3.63) is 11.1 Å². The van der Waals surface area contributed by atoms with Crippen molar-refractivity contribution in [1.82, 2.24) is 15.6 Å². The Hall–Kier alpha value is -1.30. The van der Waals surface area contributed by atoms with Crippen LogP contribution in [-0.4, -0.2) is 38.6 Å². The van der Waals surface area contributed by atoms with E-state index in [0.29, 0.717) is 6.54 Å². The lowest BCUT2D eigenvalue weighted by Gasteiger charge is -2.11. The first-order chi connectivity index (χ1) is 10.0. The van der Waals surface area contributed by atoms with Gasteiger partial charge in [0.2, 0.25) is 0 Å². The predicted octanol–water partition coefficient (Wildman–Crippen LogP) is 2.70. The van der Waals surface area contributed by atoms with Gasteiger partial charge in [-0.2, -0.15) is 0 Å². The number of nitrogens with one attached hydrogen (secondary N) is 2. The standard InChI is InChI=1S/C15H29N5S/c1-12(2)8-6-7-9-17-14(16-3)18-10-13-11-21-15(19-13)20(4)5/h11-12H,6-10H2,1-5H3,(H2,16,17,18). The largest absolute Gasteiger partial charge is 0.356 e. The van der Waals surface area contributed by atoms with Crippen LogP contribution in [-0.2, 0) is 6.54 Å². The van der Waals surface area contributed by atoms with E-state index in [2.05, 4.69) is 39.8 Å². The van der Waals surface area contributed by atoms with Gasteiger partial charge in [0.15, 0.2) is 11.1 Å². The van der Waals surface area contributed by atoms with E-state index in [4.69, 9.17) is 0 Å². The van der Waals surface area contributed by atoms with Crippen LogP contribution in [0.2, 0.25) is 0 Å². The molecule has 0 aliphatic carbocycles. The molecule has 0 saturated carbocycles. The SMILES string of the molecule is CN=C(NCCCCC(C)C)NCc1csc(N(C)C)n1. The molecule has 1 aromatic heterocycles. The third-order valence-electron chi connectivity index (χ3n) is 3.08. The summed E-state index contributed by atoms with van der Waals surface area (Å²) in [6.45, 7) is 6.20. The average Bonchev–Trinajstić information content (AvgIpc) is 2.90. The molecular formula is C15H29N5S. The molecule has 120 valence electrons. The zero-order valence-electron chi connectivity index (χ0n) is 13.9. The molecule has 0 aliphatic rings. The number of aromatic nitrogens is 1. The normalized spacial score (nSPS) is 11.8. The molecule has 0 aliphatic heterocycles. The minimum absolute atomic E-state index is 0.704. The summed E-state index contributed by atoms with van der Waals surface area (Å²) >= 11 is 1.66. The van der Waals surface area contributed by atoms with E-state index in [1.165, 1.54) is 19.3 Å². The first-order valence-electron chi connectivity index (χ1n) is 7.59. The van der Waals surface area contributed by atoms with Gasteiger partial charge in [-0.1, -0.05) is 26.7 Å². The number of hydrogen-bond donors (Lipinski definition) is 2. The second-order valence-electron chi connectivity index (χ2n) is 5.76. The van der Waals surface area contributed by atoms with Crippen molar-refractivity contribution in [2.75, 3.05) is 32.6 Å². The van der Waals surface area contributed by atoms with Gasteiger partial charge in [0.05, 0.1) is 12.2 Å². The molecule has 0 unspecified atom stereocenters. The maximum Gasteiger partial charge on any atom is 0.191 e. The molecule has 21 heavy (non-hydrogen) atoms. The Morgan fingerprint density at radius 3 is 2.67 bits per heavy atom. The zero-order valence-corrected chi connectivity index (χ0v) is 14.8. The van der Waals surface area contributed by atoms with Gasteiger partial charge < -0.3 is 15.5 Å². The number of anilines is 1. The van der Waals surface area contributed by atoms with Gasteiger partial charge in [0.1, 0.15) is 0 Å². The van der Waals surface area contributed by atoms with Crippen LogP contribution >= 0.6 is 11.3 Å². The van der Waals surface area contributed by atoms with Crippen molar-refractivity contribution in [2.24, 2.45) is 10.9 Å².